The molecule has 0 radical (unpaired) electrons. The Balaban J connectivity index is 1.41. The van der Waals surface area contributed by atoms with E-state index in [-0.39, 0.29) is 0 Å². The average Bonchev–Trinajstić information content (AvgIpc) is 2.85. The maximum absolute atomic E-state index is 10.2. The number of piperidine rings is 2. The molecule has 2 aromatic carbocycles. The third kappa shape index (κ3) is 4.30. The van der Waals surface area contributed by atoms with E-state index in [1.165, 1.54) is 5.56 Å². The molecule has 5 heteroatoms. The SMILES string of the molecule is COc1cccc(C2(C#N)CCN(C3(C#N)CCN(Cc4ccccc4)CC3)CC2)c1. The minimum Gasteiger partial charge on any atom is -0.497 e. The minimum atomic E-state index is -0.504. The van der Waals surface area contributed by atoms with Gasteiger partial charge < -0.3 is 4.74 Å². The fourth-order valence-corrected chi connectivity index (χ4v) is 5.12. The highest BCUT2D eigenvalue weighted by atomic mass is 16.5. The number of nitrogens with zero attached hydrogens (tertiary/aromatic N) is 4. The fourth-order valence-electron chi connectivity index (χ4n) is 5.12. The Morgan fingerprint density at radius 2 is 1.58 bits per heavy atom. The van der Waals surface area contributed by atoms with Crippen LogP contribution in [0.5, 0.6) is 5.75 Å². The van der Waals surface area contributed by atoms with E-state index >= 15 is 0 Å². The Morgan fingerprint density at radius 1 is 0.871 bits per heavy atom. The second-order valence-corrected chi connectivity index (χ2v) is 8.82. The zero-order valence-electron chi connectivity index (χ0n) is 18.3. The molecule has 0 bridgehead atoms. The van der Waals surface area contributed by atoms with Gasteiger partial charge in [0.25, 0.3) is 0 Å². The molecule has 0 aliphatic carbocycles. The van der Waals surface area contributed by atoms with Gasteiger partial charge in [0.1, 0.15) is 11.3 Å². The van der Waals surface area contributed by atoms with Gasteiger partial charge in [0.2, 0.25) is 0 Å². The second kappa shape index (κ2) is 9.10. The Kier molecular flexibility index (Phi) is 6.28. The number of nitriles is 2. The predicted molar refractivity (Wildman–Crippen MR) is 120 cm³/mol. The van der Waals surface area contributed by atoms with Crippen LogP contribution in [0.25, 0.3) is 0 Å². The molecular formula is C26H30N4O. The van der Waals surface area contributed by atoms with Crippen LogP contribution in [-0.2, 0) is 12.0 Å². The number of hydrogen-bond donors (Lipinski definition) is 0. The first-order valence-electron chi connectivity index (χ1n) is 11.1. The van der Waals surface area contributed by atoms with E-state index in [9.17, 15) is 10.5 Å². The van der Waals surface area contributed by atoms with Crippen LogP contribution in [0.3, 0.4) is 0 Å². The van der Waals surface area contributed by atoms with Crippen LogP contribution in [0, 0.1) is 22.7 Å². The van der Waals surface area contributed by atoms with Gasteiger partial charge in [-0.05, 0) is 48.9 Å². The summed E-state index contributed by atoms with van der Waals surface area (Å²) in [4.78, 5) is 4.80. The third-order valence-electron chi connectivity index (χ3n) is 7.20. The predicted octanol–water partition coefficient (Wildman–Crippen LogP) is 4.11. The van der Waals surface area contributed by atoms with E-state index in [2.05, 4.69) is 46.2 Å². The van der Waals surface area contributed by atoms with Crippen LogP contribution in [0.2, 0.25) is 0 Å². The lowest BCUT2D eigenvalue weighted by Crippen LogP contribution is -2.58. The quantitative estimate of drug-likeness (QED) is 0.737. The van der Waals surface area contributed by atoms with Gasteiger partial charge in [-0.25, -0.2) is 0 Å². The van der Waals surface area contributed by atoms with E-state index in [0.717, 1.165) is 69.7 Å². The third-order valence-corrected chi connectivity index (χ3v) is 7.20. The lowest BCUT2D eigenvalue weighted by Gasteiger charge is -2.48. The van der Waals surface area contributed by atoms with Crippen LogP contribution in [-0.4, -0.2) is 48.6 Å². The summed E-state index contributed by atoms with van der Waals surface area (Å²) in [6.07, 6.45) is 3.20. The standard InChI is InChI=1S/C26H30N4O/c1-31-24-9-5-8-23(18-24)25(20-27)10-16-30(17-11-25)26(21-28)12-14-29(15-13-26)19-22-6-3-2-4-7-22/h2-9,18H,10-17,19H2,1H3. The van der Waals surface area contributed by atoms with Crippen molar-refractivity contribution >= 4 is 0 Å². The summed E-state index contributed by atoms with van der Waals surface area (Å²) >= 11 is 0. The largest absolute Gasteiger partial charge is 0.497 e. The summed E-state index contributed by atoms with van der Waals surface area (Å²) in [5, 5.41) is 20.2. The first-order chi connectivity index (χ1) is 15.1. The molecule has 0 spiro atoms. The average molecular weight is 415 g/mol. The van der Waals surface area contributed by atoms with Crippen molar-refractivity contribution in [2.75, 3.05) is 33.3 Å². The monoisotopic (exact) mass is 414 g/mol. The molecule has 2 aromatic rings. The van der Waals surface area contributed by atoms with Crippen LogP contribution in [0.15, 0.2) is 54.6 Å². The molecule has 2 heterocycles. The highest BCUT2D eigenvalue weighted by Crippen LogP contribution is 2.40. The van der Waals surface area contributed by atoms with Crippen molar-refractivity contribution in [2.24, 2.45) is 0 Å². The lowest BCUT2D eigenvalue weighted by atomic mass is 9.72. The van der Waals surface area contributed by atoms with Crippen molar-refractivity contribution in [3.63, 3.8) is 0 Å². The molecular weight excluding hydrogens is 384 g/mol. The summed E-state index contributed by atoms with van der Waals surface area (Å²) in [7, 11) is 1.65. The maximum Gasteiger partial charge on any atom is 0.119 e. The van der Waals surface area contributed by atoms with Gasteiger partial charge in [0, 0.05) is 32.7 Å². The Bertz CT molecular complexity index is 959. The number of rotatable bonds is 5. The van der Waals surface area contributed by atoms with Crippen LogP contribution < -0.4 is 4.74 Å². The molecule has 2 saturated heterocycles. The number of methoxy groups -OCH3 is 1. The molecule has 4 rings (SSSR count). The molecule has 0 atom stereocenters. The molecule has 2 aliphatic rings. The van der Waals surface area contributed by atoms with Gasteiger partial charge >= 0.3 is 0 Å². The summed E-state index contributed by atoms with van der Waals surface area (Å²) in [5.74, 6) is 0.786. The zero-order valence-corrected chi connectivity index (χ0v) is 18.3. The smallest absolute Gasteiger partial charge is 0.119 e. The molecule has 0 saturated carbocycles. The van der Waals surface area contributed by atoms with Gasteiger partial charge in [-0.2, -0.15) is 10.5 Å². The molecule has 160 valence electrons. The zero-order chi connectivity index (χ0) is 21.7. The normalized spacial score (nSPS) is 21.0. The van der Waals surface area contributed by atoms with Gasteiger partial charge in [-0.3, -0.25) is 9.80 Å². The molecule has 31 heavy (non-hydrogen) atoms. The van der Waals surface area contributed by atoms with E-state index < -0.39 is 11.0 Å². The molecule has 0 aromatic heterocycles. The van der Waals surface area contributed by atoms with Gasteiger partial charge in [0.05, 0.1) is 24.7 Å². The molecule has 0 N–H and O–H groups in total. The maximum atomic E-state index is 10.2. The van der Waals surface area contributed by atoms with Crippen molar-refractivity contribution in [3.8, 4) is 17.9 Å². The molecule has 2 fully saturated rings. The summed E-state index contributed by atoms with van der Waals surface area (Å²) < 4.78 is 5.37. The van der Waals surface area contributed by atoms with E-state index in [4.69, 9.17) is 4.74 Å². The molecule has 5 nitrogen and oxygen atoms in total. The van der Waals surface area contributed by atoms with Crippen molar-refractivity contribution in [3.05, 3.63) is 65.7 Å². The first-order valence-corrected chi connectivity index (χ1v) is 11.1. The Hall–Kier alpha value is -2.86. The minimum absolute atomic E-state index is 0.414. The number of benzene rings is 2. The van der Waals surface area contributed by atoms with E-state index in [1.807, 2.05) is 30.3 Å². The summed E-state index contributed by atoms with van der Waals surface area (Å²) in [5.41, 5.74) is 1.43. The van der Waals surface area contributed by atoms with E-state index in [1.54, 1.807) is 7.11 Å². The highest BCUT2D eigenvalue weighted by molar-refractivity contribution is 5.39. The Morgan fingerprint density at radius 3 is 2.19 bits per heavy atom. The molecule has 2 aliphatic heterocycles. The summed E-state index contributed by atoms with van der Waals surface area (Å²) in [6, 6.07) is 23.7. The van der Waals surface area contributed by atoms with Crippen molar-refractivity contribution in [1.82, 2.24) is 9.80 Å². The van der Waals surface area contributed by atoms with Gasteiger partial charge in [-0.15, -0.1) is 0 Å². The van der Waals surface area contributed by atoms with Gasteiger partial charge in [0.15, 0.2) is 0 Å². The molecule has 0 amide bonds. The van der Waals surface area contributed by atoms with E-state index in [0.29, 0.717) is 0 Å². The van der Waals surface area contributed by atoms with Crippen molar-refractivity contribution < 1.29 is 4.74 Å². The van der Waals surface area contributed by atoms with Crippen LogP contribution in [0.4, 0.5) is 0 Å². The van der Waals surface area contributed by atoms with Crippen LogP contribution >= 0.6 is 0 Å². The topological polar surface area (TPSA) is 63.3 Å². The van der Waals surface area contributed by atoms with Gasteiger partial charge in [-0.1, -0.05) is 42.5 Å². The first kappa shape index (κ1) is 21.4. The van der Waals surface area contributed by atoms with Crippen molar-refractivity contribution in [1.29, 1.82) is 10.5 Å². The summed E-state index contributed by atoms with van der Waals surface area (Å²) in [6.45, 7) is 4.35. The second-order valence-electron chi connectivity index (χ2n) is 8.82. The van der Waals surface area contributed by atoms with Crippen LogP contribution in [0.1, 0.15) is 36.8 Å². The number of ether oxygens (including phenoxy) is 1. The number of likely N-dealkylation sites (tertiary alicyclic amines) is 2. The number of hydrogen-bond acceptors (Lipinski definition) is 5. The Labute approximate surface area is 185 Å². The molecule has 0 unspecified atom stereocenters. The fraction of sp³-hybridized carbons (Fsp3) is 0.462. The highest BCUT2D eigenvalue weighted by Gasteiger charge is 2.45. The van der Waals surface area contributed by atoms with Crippen molar-refractivity contribution in [2.45, 2.75) is 43.2 Å². The lowest BCUT2D eigenvalue weighted by molar-refractivity contribution is 0.0331.